The maximum atomic E-state index is 9.90. The lowest BCUT2D eigenvalue weighted by molar-refractivity contribution is 0.138. The molecule has 2 aromatic rings. The van der Waals surface area contributed by atoms with Gasteiger partial charge in [0.1, 0.15) is 5.52 Å². The number of nitrogens with two attached hydrogens (primary N) is 2. The van der Waals surface area contributed by atoms with Crippen LogP contribution in [-0.2, 0) is 0 Å². The largest absolute Gasteiger partial charge is 0.391 e. The third-order valence-electron chi connectivity index (χ3n) is 3.27. The Kier molecular flexibility index (Phi) is 2.15. The summed E-state index contributed by atoms with van der Waals surface area (Å²) in [5.41, 5.74) is 12.5. The molecule has 1 fully saturated rings. The topological polar surface area (TPSA) is 116 Å². The van der Waals surface area contributed by atoms with Gasteiger partial charge in [-0.1, -0.05) is 0 Å². The van der Waals surface area contributed by atoms with Crippen molar-refractivity contribution in [2.45, 2.75) is 31.4 Å². The van der Waals surface area contributed by atoms with Gasteiger partial charge in [-0.05, 0) is 19.3 Å². The Bertz CT molecular complexity index is 565. The predicted molar refractivity (Wildman–Crippen MR) is 63.0 cm³/mol. The average Bonchev–Trinajstić information content (AvgIpc) is 2.84. The smallest absolute Gasteiger partial charge is 0.224 e. The molecule has 17 heavy (non-hydrogen) atoms. The van der Waals surface area contributed by atoms with Gasteiger partial charge in [-0.15, -0.1) is 0 Å². The summed E-state index contributed by atoms with van der Waals surface area (Å²) in [5.74, 6) is 0.406. The summed E-state index contributed by atoms with van der Waals surface area (Å²) in [6, 6.07) is 0.00806. The second kappa shape index (κ2) is 3.56. The third-order valence-corrected chi connectivity index (χ3v) is 3.27. The SMILES string of the molecule is Nc1nc(N)c2ncn([C@@H]3CCC[C@H]3O)c2n1. The highest BCUT2D eigenvalue weighted by atomic mass is 16.3. The van der Waals surface area contributed by atoms with E-state index in [0.717, 1.165) is 19.3 Å². The molecule has 1 aliphatic carbocycles. The van der Waals surface area contributed by atoms with Crippen LogP contribution in [0.1, 0.15) is 25.3 Å². The summed E-state index contributed by atoms with van der Waals surface area (Å²) >= 11 is 0. The average molecular weight is 234 g/mol. The van der Waals surface area contributed by atoms with Crippen molar-refractivity contribution >= 4 is 22.9 Å². The fourth-order valence-electron chi connectivity index (χ4n) is 2.44. The fraction of sp³-hybridized carbons (Fsp3) is 0.500. The lowest BCUT2D eigenvalue weighted by atomic mass is 10.2. The van der Waals surface area contributed by atoms with Crippen molar-refractivity contribution in [3.63, 3.8) is 0 Å². The van der Waals surface area contributed by atoms with E-state index in [4.69, 9.17) is 11.5 Å². The van der Waals surface area contributed by atoms with Gasteiger partial charge in [0, 0.05) is 0 Å². The van der Waals surface area contributed by atoms with Crippen molar-refractivity contribution in [1.29, 1.82) is 0 Å². The molecule has 0 amide bonds. The lowest BCUT2D eigenvalue weighted by Gasteiger charge is -2.16. The van der Waals surface area contributed by atoms with Crippen LogP contribution in [0.4, 0.5) is 11.8 Å². The molecule has 3 rings (SSSR count). The minimum Gasteiger partial charge on any atom is -0.391 e. The zero-order valence-corrected chi connectivity index (χ0v) is 9.24. The van der Waals surface area contributed by atoms with Gasteiger partial charge >= 0.3 is 0 Å². The molecule has 0 unspecified atom stereocenters. The van der Waals surface area contributed by atoms with Crippen molar-refractivity contribution in [2.75, 3.05) is 11.5 Å². The first kappa shape index (κ1) is 10.3. The molecule has 0 spiro atoms. The van der Waals surface area contributed by atoms with E-state index in [2.05, 4.69) is 15.0 Å². The number of rotatable bonds is 1. The summed E-state index contributed by atoms with van der Waals surface area (Å²) in [6.07, 6.45) is 4.01. The van der Waals surface area contributed by atoms with E-state index in [-0.39, 0.29) is 23.9 Å². The van der Waals surface area contributed by atoms with E-state index in [1.165, 1.54) is 0 Å². The Morgan fingerprint density at radius 3 is 2.82 bits per heavy atom. The van der Waals surface area contributed by atoms with Crippen molar-refractivity contribution < 1.29 is 5.11 Å². The van der Waals surface area contributed by atoms with E-state index in [0.29, 0.717) is 11.2 Å². The van der Waals surface area contributed by atoms with Gasteiger partial charge in [-0.3, -0.25) is 0 Å². The summed E-state index contributed by atoms with van der Waals surface area (Å²) < 4.78 is 1.85. The zero-order valence-electron chi connectivity index (χ0n) is 9.24. The summed E-state index contributed by atoms with van der Waals surface area (Å²) in [7, 11) is 0. The van der Waals surface area contributed by atoms with E-state index >= 15 is 0 Å². The molecule has 1 saturated carbocycles. The molecule has 2 heterocycles. The lowest BCUT2D eigenvalue weighted by Crippen LogP contribution is -2.18. The summed E-state index contributed by atoms with van der Waals surface area (Å²) in [4.78, 5) is 12.2. The van der Waals surface area contributed by atoms with Crippen LogP contribution in [0, 0.1) is 0 Å². The second-order valence-corrected chi connectivity index (χ2v) is 4.36. The molecule has 2 atom stereocenters. The molecule has 90 valence electrons. The molecule has 2 aromatic heterocycles. The van der Waals surface area contributed by atoms with E-state index in [9.17, 15) is 5.11 Å². The second-order valence-electron chi connectivity index (χ2n) is 4.36. The number of aliphatic hydroxyl groups is 1. The molecule has 0 radical (unpaired) electrons. The first-order valence-electron chi connectivity index (χ1n) is 5.60. The van der Waals surface area contributed by atoms with Crippen molar-refractivity contribution in [2.24, 2.45) is 0 Å². The number of fused-ring (bicyclic) bond motifs is 1. The number of imidazole rings is 1. The monoisotopic (exact) mass is 234 g/mol. The minimum absolute atomic E-state index is 0.00806. The molecule has 7 nitrogen and oxygen atoms in total. The van der Waals surface area contributed by atoms with Crippen LogP contribution in [0.15, 0.2) is 6.33 Å². The number of hydrogen-bond donors (Lipinski definition) is 3. The van der Waals surface area contributed by atoms with Crippen LogP contribution >= 0.6 is 0 Å². The number of aliphatic hydroxyl groups excluding tert-OH is 1. The maximum absolute atomic E-state index is 9.90. The molecule has 0 saturated heterocycles. The summed E-state index contributed by atoms with van der Waals surface area (Å²) in [5, 5.41) is 9.90. The normalized spacial score (nSPS) is 24.5. The molecule has 5 N–H and O–H groups in total. The number of hydrogen-bond acceptors (Lipinski definition) is 6. The Hall–Kier alpha value is -1.89. The molecule has 0 bridgehead atoms. The van der Waals surface area contributed by atoms with Crippen molar-refractivity contribution in [1.82, 2.24) is 19.5 Å². The number of nitrogens with zero attached hydrogens (tertiary/aromatic N) is 4. The Labute approximate surface area is 97.5 Å². The maximum Gasteiger partial charge on any atom is 0.224 e. The van der Waals surface area contributed by atoms with Crippen LogP contribution in [0.2, 0.25) is 0 Å². The number of aromatic nitrogens is 4. The van der Waals surface area contributed by atoms with Crippen LogP contribution in [0.25, 0.3) is 11.2 Å². The Morgan fingerprint density at radius 1 is 1.29 bits per heavy atom. The van der Waals surface area contributed by atoms with Gasteiger partial charge in [0.15, 0.2) is 11.5 Å². The van der Waals surface area contributed by atoms with Crippen LogP contribution in [0.5, 0.6) is 0 Å². The molecular formula is C10H14N6O. The molecule has 0 aromatic carbocycles. The van der Waals surface area contributed by atoms with E-state index < -0.39 is 0 Å². The molecule has 7 heteroatoms. The highest BCUT2D eigenvalue weighted by Gasteiger charge is 2.28. The minimum atomic E-state index is -0.357. The van der Waals surface area contributed by atoms with Gasteiger partial charge in [0.2, 0.25) is 5.95 Å². The first-order valence-corrected chi connectivity index (χ1v) is 5.60. The number of anilines is 2. The van der Waals surface area contributed by atoms with Crippen LogP contribution < -0.4 is 11.5 Å². The summed E-state index contributed by atoms with van der Waals surface area (Å²) in [6.45, 7) is 0. The highest BCUT2D eigenvalue weighted by Crippen LogP contribution is 2.32. The standard InChI is InChI=1S/C10H14N6O/c11-8-7-9(15-10(12)14-8)16(4-13-7)5-2-1-3-6(5)17/h4-6,17H,1-3H2,(H4,11,12,14,15)/t5-,6-/m1/s1. The van der Waals surface area contributed by atoms with Crippen LogP contribution in [0.3, 0.4) is 0 Å². The highest BCUT2D eigenvalue weighted by molar-refractivity contribution is 5.82. The van der Waals surface area contributed by atoms with Crippen LogP contribution in [-0.4, -0.2) is 30.7 Å². The van der Waals surface area contributed by atoms with Gasteiger partial charge in [0.25, 0.3) is 0 Å². The first-order chi connectivity index (χ1) is 8.16. The number of nitrogen functional groups attached to an aromatic ring is 2. The molecule has 1 aliphatic rings. The van der Waals surface area contributed by atoms with Gasteiger partial charge in [-0.25, -0.2) is 4.98 Å². The quantitative estimate of drug-likeness (QED) is 0.643. The Morgan fingerprint density at radius 2 is 2.12 bits per heavy atom. The van der Waals surface area contributed by atoms with Gasteiger partial charge < -0.3 is 21.1 Å². The Balaban J connectivity index is 2.17. The van der Waals surface area contributed by atoms with Gasteiger partial charge in [-0.2, -0.15) is 9.97 Å². The fourth-order valence-corrected chi connectivity index (χ4v) is 2.44. The van der Waals surface area contributed by atoms with E-state index in [1.54, 1.807) is 6.33 Å². The molecule has 0 aliphatic heterocycles. The van der Waals surface area contributed by atoms with E-state index in [1.807, 2.05) is 4.57 Å². The third kappa shape index (κ3) is 1.50. The zero-order chi connectivity index (χ0) is 12.0. The van der Waals surface area contributed by atoms with Gasteiger partial charge in [0.05, 0.1) is 18.5 Å². The predicted octanol–water partition coefficient (Wildman–Crippen LogP) is 0.0766. The molecular weight excluding hydrogens is 220 g/mol. The van der Waals surface area contributed by atoms with Crippen molar-refractivity contribution in [3.8, 4) is 0 Å². The van der Waals surface area contributed by atoms with Crippen molar-refractivity contribution in [3.05, 3.63) is 6.33 Å².